The molecule has 1 aromatic carbocycles. The minimum atomic E-state index is -4.38. The lowest BCUT2D eigenvalue weighted by atomic mass is 10.2. The molecule has 1 amide bonds. The highest BCUT2D eigenvalue weighted by atomic mass is 79.9. The molecule has 2 nitrogen and oxygen atoms in total. The first kappa shape index (κ1) is 11.4. The SMILES string of the molecule is O=C1Cc2c(Br)cccc2N1CC(F)(F)F. The van der Waals surface area contributed by atoms with Gasteiger partial charge in [-0.05, 0) is 17.7 Å². The largest absolute Gasteiger partial charge is 0.406 e. The lowest BCUT2D eigenvalue weighted by Crippen LogP contribution is -2.36. The van der Waals surface area contributed by atoms with Crippen LogP contribution in [-0.2, 0) is 11.2 Å². The standard InChI is InChI=1S/C10H7BrF3NO/c11-7-2-1-3-8-6(7)4-9(16)15(8)5-10(12,13)14/h1-3H,4-5H2. The van der Waals surface area contributed by atoms with E-state index in [9.17, 15) is 18.0 Å². The number of halogens is 4. The van der Waals surface area contributed by atoms with Crippen LogP contribution in [0.15, 0.2) is 22.7 Å². The Balaban J connectivity index is 2.37. The van der Waals surface area contributed by atoms with E-state index in [-0.39, 0.29) is 6.42 Å². The van der Waals surface area contributed by atoms with Crippen LogP contribution in [0.25, 0.3) is 0 Å². The summed E-state index contributed by atoms with van der Waals surface area (Å²) in [5, 5.41) is 0. The smallest absolute Gasteiger partial charge is 0.303 e. The minimum Gasteiger partial charge on any atom is -0.303 e. The van der Waals surface area contributed by atoms with E-state index in [2.05, 4.69) is 15.9 Å². The van der Waals surface area contributed by atoms with Gasteiger partial charge in [0.2, 0.25) is 5.91 Å². The molecule has 0 bridgehead atoms. The Morgan fingerprint density at radius 2 is 2.06 bits per heavy atom. The van der Waals surface area contributed by atoms with Crippen LogP contribution < -0.4 is 4.90 Å². The molecule has 0 N–H and O–H groups in total. The molecule has 6 heteroatoms. The normalized spacial score (nSPS) is 15.5. The van der Waals surface area contributed by atoms with Crippen molar-refractivity contribution in [3.05, 3.63) is 28.2 Å². The molecule has 0 saturated heterocycles. The molecule has 0 atom stereocenters. The quantitative estimate of drug-likeness (QED) is 0.780. The first-order valence-corrected chi connectivity index (χ1v) is 5.32. The maximum atomic E-state index is 12.3. The predicted molar refractivity (Wildman–Crippen MR) is 56.3 cm³/mol. The van der Waals surface area contributed by atoms with Crippen LogP contribution in [-0.4, -0.2) is 18.6 Å². The van der Waals surface area contributed by atoms with Crippen molar-refractivity contribution in [3.8, 4) is 0 Å². The zero-order chi connectivity index (χ0) is 11.9. The number of carbonyl (C=O) groups is 1. The van der Waals surface area contributed by atoms with Crippen LogP contribution in [0.4, 0.5) is 18.9 Å². The van der Waals surface area contributed by atoms with Crippen molar-refractivity contribution in [2.24, 2.45) is 0 Å². The predicted octanol–water partition coefficient (Wildman–Crippen LogP) is 2.90. The van der Waals surface area contributed by atoms with Crippen LogP contribution in [0.2, 0.25) is 0 Å². The zero-order valence-electron chi connectivity index (χ0n) is 8.01. The van der Waals surface area contributed by atoms with Crippen LogP contribution >= 0.6 is 15.9 Å². The summed E-state index contributed by atoms with van der Waals surface area (Å²) >= 11 is 3.22. The van der Waals surface area contributed by atoms with Gasteiger partial charge in [-0.2, -0.15) is 13.2 Å². The molecule has 1 heterocycles. The van der Waals surface area contributed by atoms with Gasteiger partial charge in [0.15, 0.2) is 0 Å². The van der Waals surface area contributed by atoms with Crippen molar-refractivity contribution < 1.29 is 18.0 Å². The second-order valence-corrected chi connectivity index (χ2v) is 4.36. The molecule has 16 heavy (non-hydrogen) atoms. The molecule has 1 aromatic rings. The number of rotatable bonds is 1. The van der Waals surface area contributed by atoms with E-state index in [4.69, 9.17) is 0 Å². The molecule has 0 fully saturated rings. The van der Waals surface area contributed by atoms with Gasteiger partial charge in [-0.25, -0.2) is 0 Å². The number of benzene rings is 1. The number of hydrogen-bond donors (Lipinski definition) is 0. The summed E-state index contributed by atoms with van der Waals surface area (Å²) in [7, 11) is 0. The van der Waals surface area contributed by atoms with Gasteiger partial charge in [0.25, 0.3) is 0 Å². The van der Waals surface area contributed by atoms with Gasteiger partial charge in [0.1, 0.15) is 6.54 Å². The van der Waals surface area contributed by atoms with Gasteiger partial charge in [-0.3, -0.25) is 4.79 Å². The van der Waals surface area contributed by atoms with Crippen molar-refractivity contribution in [3.63, 3.8) is 0 Å². The molecule has 0 radical (unpaired) electrons. The number of alkyl halides is 3. The molecule has 0 aliphatic carbocycles. The van der Waals surface area contributed by atoms with E-state index in [0.717, 1.165) is 4.90 Å². The minimum absolute atomic E-state index is 0.0207. The summed E-state index contributed by atoms with van der Waals surface area (Å²) in [5.74, 6) is -0.515. The number of hydrogen-bond acceptors (Lipinski definition) is 1. The molecule has 0 unspecified atom stereocenters. The highest BCUT2D eigenvalue weighted by Crippen LogP contribution is 2.35. The fraction of sp³-hybridized carbons (Fsp3) is 0.300. The summed E-state index contributed by atoms with van der Waals surface area (Å²) in [4.78, 5) is 12.2. The number of carbonyl (C=O) groups excluding carboxylic acids is 1. The van der Waals surface area contributed by atoms with Crippen molar-refractivity contribution in [2.75, 3.05) is 11.4 Å². The second-order valence-electron chi connectivity index (χ2n) is 3.51. The Labute approximate surface area is 98.2 Å². The van der Waals surface area contributed by atoms with Gasteiger partial charge in [0, 0.05) is 10.2 Å². The fourth-order valence-corrected chi connectivity index (χ4v) is 2.20. The van der Waals surface area contributed by atoms with E-state index in [0.29, 0.717) is 15.7 Å². The van der Waals surface area contributed by atoms with Crippen molar-refractivity contribution in [1.29, 1.82) is 0 Å². The van der Waals surface area contributed by atoms with Gasteiger partial charge in [0.05, 0.1) is 6.42 Å². The first-order valence-electron chi connectivity index (χ1n) is 4.53. The Kier molecular flexibility index (Phi) is 2.69. The van der Waals surface area contributed by atoms with Crippen molar-refractivity contribution in [1.82, 2.24) is 0 Å². The van der Waals surface area contributed by atoms with Crippen molar-refractivity contribution in [2.45, 2.75) is 12.6 Å². The highest BCUT2D eigenvalue weighted by molar-refractivity contribution is 9.10. The second kappa shape index (κ2) is 3.76. The highest BCUT2D eigenvalue weighted by Gasteiger charge is 2.38. The molecule has 0 spiro atoms. The van der Waals surface area contributed by atoms with Gasteiger partial charge < -0.3 is 4.90 Å². The fourth-order valence-electron chi connectivity index (χ4n) is 1.71. The van der Waals surface area contributed by atoms with Crippen LogP contribution in [0.3, 0.4) is 0 Å². The van der Waals surface area contributed by atoms with Gasteiger partial charge >= 0.3 is 6.18 Å². The molecular weight excluding hydrogens is 287 g/mol. The monoisotopic (exact) mass is 293 g/mol. The Hall–Kier alpha value is -1.04. The van der Waals surface area contributed by atoms with Crippen LogP contribution in [0.1, 0.15) is 5.56 Å². The molecule has 86 valence electrons. The third-order valence-corrected chi connectivity index (χ3v) is 3.09. The Morgan fingerprint density at radius 3 is 2.69 bits per heavy atom. The average Bonchev–Trinajstić information content (AvgIpc) is 2.44. The number of amides is 1. The van der Waals surface area contributed by atoms with E-state index in [1.165, 1.54) is 6.07 Å². The van der Waals surface area contributed by atoms with E-state index < -0.39 is 18.6 Å². The molecule has 0 aromatic heterocycles. The third kappa shape index (κ3) is 2.07. The summed E-state index contributed by atoms with van der Waals surface area (Å²) in [6.07, 6.45) is -4.35. The summed E-state index contributed by atoms with van der Waals surface area (Å²) in [5.41, 5.74) is 0.966. The van der Waals surface area contributed by atoms with Gasteiger partial charge in [-0.1, -0.05) is 22.0 Å². The number of nitrogens with zero attached hydrogens (tertiary/aromatic N) is 1. The summed E-state index contributed by atoms with van der Waals surface area (Å²) in [6.45, 7) is -1.23. The Bertz CT molecular complexity index is 444. The van der Waals surface area contributed by atoms with Gasteiger partial charge in [-0.15, -0.1) is 0 Å². The molecule has 1 aliphatic heterocycles. The van der Waals surface area contributed by atoms with E-state index in [1.807, 2.05) is 0 Å². The Morgan fingerprint density at radius 1 is 1.38 bits per heavy atom. The molecule has 0 saturated carbocycles. The first-order chi connectivity index (χ1) is 7.38. The lowest BCUT2D eigenvalue weighted by molar-refractivity contribution is -0.131. The maximum Gasteiger partial charge on any atom is 0.406 e. The molecule has 1 aliphatic rings. The topological polar surface area (TPSA) is 20.3 Å². The summed E-state index contributed by atoms with van der Waals surface area (Å²) in [6, 6.07) is 4.85. The lowest BCUT2D eigenvalue weighted by Gasteiger charge is -2.19. The van der Waals surface area contributed by atoms with E-state index >= 15 is 0 Å². The summed E-state index contributed by atoms with van der Waals surface area (Å²) < 4.78 is 37.5. The maximum absolute atomic E-state index is 12.3. The van der Waals surface area contributed by atoms with Crippen molar-refractivity contribution >= 4 is 27.5 Å². The number of fused-ring (bicyclic) bond motifs is 1. The molecule has 2 rings (SSSR count). The van der Waals surface area contributed by atoms with Crippen LogP contribution in [0, 0.1) is 0 Å². The van der Waals surface area contributed by atoms with Crippen LogP contribution in [0.5, 0.6) is 0 Å². The number of anilines is 1. The average molecular weight is 294 g/mol. The molecular formula is C10H7BrF3NO. The van der Waals surface area contributed by atoms with E-state index in [1.54, 1.807) is 12.1 Å². The third-order valence-electron chi connectivity index (χ3n) is 2.35. The zero-order valence-corrected chi connectivity index (χ0v) is 9.60.